The molecule has 0 spiro atoms. The Morgan fingerprint density at radius 2 is 1.82 bits per heavy atom. The van der Waals surface area contributed by atoms with Crippen LogP contribution in [0.4, 0.5) is 0 Å². The maximum Gasteiger partial charge on any atom is 0.247 e. The second-order valence-corrected chi connectivity index (χ2v) is 9.27. The van der Waals surface area contributed by atoms with Crippen LogP contribution >= 0.6 is 12.6 Å². The molecule has 1 aliphatic heterocycles. The highest BCUT2D eigenvalue weighted by Crippen LogP contribution is 2.29. The van der Waals surface area contributed by atoms with E-state index in [2.05, 4.69) is 33.7 Å². The third-order valence-electron chi connectivity index (χ3n) is 6.50. The summed E-state index contributed by atoms with van der Waals surface area (Å²) in [7, 11) is 1.69. The van der Waals surface area contributed by atoms with E-state index >= 15 is 0 Å². The van der Waals surface area contributed by atoms with Crippen LogP contribution in [0, 0.1) is 11.4 Å². The van der Waals surface area contributed by atoms with Crippen molar-refractivity contribution < 1.29 is 14.4 Å². The van der Waals surface area contributed by atoms with Gasteiger partial charge in [0.1, 0.15) is 22.8 Å². The number of carbonyl (C=O) groups excluding carboxylic acids is 3. The van der Waals surface area contributed by atoms with Gasteiger partial charge in [-0.25, -0.2) is 5.53 Å². The van der Waals surface area contributed by atoms with Gasteiger partial charge in [-0.2, -0.15) is 5.11 Å². The van der Waals surface area contributed by atoms with Gasteiger partial charge in [-0.1, -0.05) is 49.6 Å². The summed E-state index contributed by atoms with van der Waals surface area (Å²) >= 11 is 4.39. The number of hydrogen-bond donors (Lipinski definition) is 5. The summed E-state index contributed by atoms with van der Waals surface area (Å²) in [6.45, 7) is 0.592. The molecule has 3 rings (SSSR count). The van der Waals surface area contributed by atoms with Crippen LogP contribution in [-0.2, 0) is 14.4 Å². The fraction of sp³-hybridized carbons (Fsp3) is 0.542. The summed E-state index contributed by atoms with van der Waals surface area (Å²) in [6, 6.07) is 7.74. The molecule has 9 nitrogen and oxygen atoms in total. The van der Waals surface area contributed by atoms with Gasteiger partial charge < -0.3 is 20.9 Å². The van der Waals surface area contributed by atoms with Crippen molar-refractivity contribution in [1.82, 2.24) is 20.9 Å². The molecule has 10 heteroatoms. The summed E-state index contributed by atoms with van der Waals surface area (Å²) in [5.74, 6) is -0.723. The molecule has 2 unspecified atom stereocenters. The molecule has 3 amide bonds. The molecule has 2 fully saturated rings. The molecule has 0 bridgehead atoms. The van der Waals surface area contributed by atoms with E-state index in [1.807, 2.05) is 18.2 Å². The van der Waals surface area contributed by atoms with E-state index in [-0.39, 0.29) is 40.9 Å². The number of nitrogens with zero attached hydrogens (tertiary/aromatic N) is 2. The minimum absolute atomic E-state index is 0.0681. The average molecular weight is 487 g/mol. The molecule has 2 aliphatic rings. The molecular weight excluding hydrogens is 452 g/mol. The SMILES string of the molecule is CNCC(=O)NC(C(=O)N1CCCC1C(=O)N/C(S)=C(/N=N)c1ccccc1)C1CCCCC1. The average Bonchev–Trinajstić information content (AvgIpc) is 3.34. The third kappa shape index (κ3) is 6.44. The Kier molecular flexibility index (Phi) is 9.64. The second kappa shape index (κ2) is 12.7. The van der Waals surface area contributed by atoms with Crippen LogP contribution in [0.2, 0.25) is 0 Å². The van der Waals surface area contributed by atoms with Crippen LogP contribution in [0.1, 0.15) is 50.5 Å². The first-order valence-corrected chi connectivity index (χ1v) is 12.3. The zero-order valence-corrected chi connectivity index (χ0v) is 20.4. The Morgan fingerprint density at radius 1 is 1.12 bits per heavy atom. The molecular formula is C24H34N6O3S. The highest BCUT2D eigenvalue weighted by molar-refractivity contribution is 7.84. The predicted molar refractivity (Wildman–Crippen MR) is 133 cm³/mol. The topological polar surface area (TPSA) is 127 Å². The van der Waals surface area contributed by atoms with E-state index in [1.54, 1.807) is 24.1 Å². The van der Waals surface area contributed by atoms with Crippen LogP contribution in [0.5, 0.6) is 0 Å². The molecule has 0 radical (unpaired) electrons. The summed E-state index contributed by atoms with van der Waals surface area (Å²) < 4.78 is 0. The van der Waals surface area contributed by atoms with Gasteiger partial charge in [0.25, 0.3) is 0 Å². The van der Waals surface area contributed by atoms with E-state index in [9.17, 15) is 14.4 Å². The Bertz CT molecular complexity index is 917. The molecule has 34 heavy (non-hydrogen) atoms. The van der Waals surface area contributed by atoms with Crippen LogP contribution in [-0.4, -0.2) is 54.8 Å². The molecule has 1 aliphatic carbocycles. The van der Waals surface area contributed by atoms with Crippen LogP contribution < -0.4 is 16.0 Å². The van der Waals surface area contributed by atoms with Crippen LogP contribution in [0.3, 0.4) is 0 Å². The Balaban J connectivity index is 1.76. The lowest BCUT2D eigenvalue weighted by Gasteiger charge is -2.34. The number of carbonyl (C=O) groups is 3. The van der Waals surface area contributed by atoms with Gasteiger partial charge in [0, 0.05) is 12.1 Å². The van der Waals surface area contributed by atoms with E-state index in [1.165, 1.54) is 0 Å². The van der Waals surface area contributed by atoms with Crippen LogP contribution in [0.25, 0.3) is 5.70 Å². The lowest BCUT2D eigenvalue weighted by atomic mass is 9.83. The summed E-state index contributed by atoms with van der Waals surface area (Å²) in [5, 5.41) is 12.2. The van der Waals surface area contributed by atoms with Gasteiger partial charge in [-0.15, -0.1) is 12.6 Å². The number of rotatable bonds is 9. The van der Waals surface area contributed by atoms with Crippen molar-refractivity contribution in [3.8, 4) is 0 Å². The predicted octanol–water partition coefficient (Wildman–Crippen LogP) is 2.67. The fourth-order valence-corrected chi connectivity index (χ4v) is 5.11. The van der Waals surface area contributed by atoms with Crippen molar-refractivity contribution in [2.75, 3.05) is 20.1 Å². The third-order valence-corrected chi connectivity index (χ3v) is 6.83. The highest BCUT2D eigenvalue weighted by atomic mass is 32.1. The second-order valence-electron chi connectivity index (χ2n) is 8.83. The Morgan fingerprint density at radius 3 is 2.47 bits per heavy atom. The number of hydrogen-bond acceptors (Lipinski definition) is 7. The maximum atomic E-state index is 13.6. The zero-order valence-electron chi connectivity index (χ0n) is 19.5. The first kappa shape index (κ1) is 25.9. The minimum atomic E-state index is -0.662. The van der Waals surface area contributed by atoms with E-state index in [4.69, 9.17) is 5.53 Å². The number of benzene rings is 1. The van der Waals surface area contributed by atoms with Crippen molar-refractivity contribution in [3.05, 3.63) is 40.9 Å². The Labute approximate surface area is 206 Å². The quantitative estimate of drug-likeness (QED) is 0.272. The van der Waals surface area contributed by atoms with Gasteiger partial charge in [-0.3, -0.25) is 14.4 Å². The van der Waals surface area contributed by atoms with Crippen molar-refractivity contribution >= 4 is 36.0 Å². The molecule has 1 saturated carbocycles. The maximum absolute atomic E-state index is 13.6. The van der Waals surface area contributed by atoms with Crippen molar-refractivity contribution in [1.29, 1.82) is 5.53 Å². The first-order valence-electron chi connectivity index (χ1n) is 11.9. The van der Waals surface area contributed by atoms with Gasteiger partial charge in [0.05, 0.1) is 6.54 Å². The normalized spacial score (nSPS) is 20.3. The minimum Gasteiger partial charge on any atom is -0.343 e. The van der Waals surface area contributed by atoms with Crippen LogP contribution in [0.15, 0.2) is 40.5 Å². The fourth-order valence-electron chi connectivity index (χ4n) is 4.82. The highest BCUT2D eigenvalue weighted by Gasteiger charge is 2.40. The molecule has 1 heterocycles. The van der Waals surface area contributed by atoms with Gasteiger partial charge in [0.2, 0.25) is 17.7 Å². The molecule has 1 saturated heterocycles. The molecule has 1 aromatic carbocycles. The molecule has 0 aromatic heterocycles. The van der Waals surface area contributed by atoms with E-state index in [0.29, 0.717) is 24.9 Å². The summed E-state index contributed by atoms with van der Waals surface area (Å²) in [4.78, 5) is 40.7. The number of amides is 3. The largest absolute Gasteiger partial charge is 0.343 e. The molecule has 1 aromatic rings. The molecule has 184 valence electrons. The standard InChI is InChI=1S/C24H34N6O3S/c1-26-15-19(31)27-21(17-11-6-3-7-12-17)24(33)30-14-8-13-18(30)22(32)28-23(34)20(29-25)16-9-4-2-5-10-16/h2,4-5,9-10,17-18,21,25-26,34H,3,6-8,11-15H2,1H3,(H,27,31)(H,28,32)/b23-20-,29-25?. The Hall–Kier alpha value is -2.72. The summed E-state index contributed by atoms with van der Waals surface area (Å²) in [6.07, 6.45) is 6.20. The van der Waals surface area contributed by atoms with Crippen molar-refractivity contribution in [3.63, 3.8) is 0 Å². The van der Waals surface area contributed by atoms with Gasteiger partial charge >= 0.3 is 0 Å². The van der Waals surface area contributed by atoms with Crippen molar-refractivity contribution in [2.45, 2.75) is 57.0 Å². The monoisotopic (exact) mass is 486 g/mol. The molecule has 2 atom stereocenters. The van der Waals surface area contributed by atoms with Crippen molar-refractivity contribution in [2.24, 2.45) is 11.0 Å². The number of likely N-dealkylation sites (N-methyl/N-ethyl adjacent to an activating group) is 1. The lowest BCUT2D eigenvalue weighted by Crippen LogP contribution is -2.56. The first-order chi connectivity index (χ1) is 16.5. The van der Waals surface area contributed by atoms with E-state index < -0.39 is 12.1 Å². The number of likely N-dealkylation sites (tertiary alicyclic amines) is 1. The smallest absolute Gasteiger partial charge is 0.247 e. The van der Waals surface area contributed by atoms with Gasteiger partial charge in [0.15, 0.2) is 0 Å². The van der Waals surface area contributed by atoms with Gasteiger partial charge in [-0.05, 0) is 38.6 Å². The number of nitrogens with one attached hydrogen (secondary N) is 4. The summed E-state index contributed by atoms with van der Waals surface area (Å²) in [5.41, 5.74) is 8.42. The zero-order chi connectivity index (χ0) is 24.5. The number of thiol groups is 1. The lowest BCUT2D eigenvalue weighted by molar-refractivity contribution is -0.142. The molecule has 4 N–H and O–H groups in total. The van der Waals surface area contributed by atoms with E-state index in [0.717, 1.165) is 32.1 Å².